The summed E-state index contributed by atoms with van der Waals surface area (Å²) >= 11 is 0. The summed E-state index contributed by atoms with van der Waals surface area (Å²) in [4.78, 5) is 46.5. The minimum absolute atomic E-state index is 0. The van der Waals surface area contributed by atoms with Crippen LogP contribution in [0.1, 0.15) is 0 Å². The van der Waals surface area contributed by atoms with Gasteiger partial charge in [-0.1, -0.05) is 0 Å². The Hall–Kier alpha value is -2.23. The third-order valence-electron chi connectivity index (χ3n) is 0.607. The van der Waals surface area contributed by atoms with E-state index in [0.717, 1.165) is 0 Å². The molecule has 0 fully saturated rings. The monoisotopic (exact) mass is 303 g/mol. The van der Waals surface area contributed by atoms with Gasteiger partial charge in [0.2, 0.25) is 0 Å². The van der Waals surface area contributed by atoms with E-state index in [-0.39, 0.29) is 17.4 Å². The van der Waals surface area contributed by atoms with Crippen LogP contribution in [0.3, 0.4) is 0 Å². The Morgan fingerprint density at radius 2 is 0.684 bits per heavy atom. The van der Waals surface area contributed by atoms with Crippen LogP contribution in [0.25, 0.3) is 0 Å². The van der Waals surface area contributed by atoms with Crippen LogP contribution in [0, 0.1) is 6.07 Å². The molecule has 0 aliphatic rings. The topological polar surface area (TPSA) is 102 Å². The van der Waals surface area contributed by atoms with E-state index in [0.29, 0.717) is 0 Å². The molecule has 0 aliphatic heterocycles. The molecule has 0 aliphatic carbocycles. The molecular formula is C12H11CrO6-7. The van der Waals surface area contributed by atoms with Gasteiger partial charge in [0.15, 0.2) is 0 Å². The molecule has 0 radical (unpaired) electrons. The van der Waals surface area contributed by atoms with E-state index >= 15 is 0 Å². The van der Waals surface area contributed by atoms with Gasteiger partial charge in [-0.15, -0.1) is 0 Å². The molecule has 0 amide bonds. The van der Waals surface area contributed by atoms with Crippen LogP contribution in [0.5, 0.6) is 0 Å². The second-order valence-corrected chi connectivity index (χ2v) is 1.08. The molecular weight excluding hydrogens is 292 g/mol. The Bertz CT molecular complexity index is 147. The van der Waals surface area contributed by atoms with Gasteiger partial charge in [0.05, 0.1) is 0 Å². The van der Waals surface area contributed by atoms with Crippen molar-refractivity contribution in [3.63, 3.8) is 0 Å². The summed E-state index contributed by atoms with van der Waals surface area (Å²) in [5, 5.41) is 0. The maximum absolute atomic E-state index is 7.75. The molecule has 6 nitrogen and oxygen atoms in total. The van der Waals surface area contributed by atoms with Crippen molar-refractivity contribution in [2.45, 2.75) is 0 Å². The van der Waals surface area contributed by atoms with Gasteiger partial charge < -0.3 is 28.8 Å². The SMILES string of the molecule is [CH-]=O.[CH-]=O.[CH-]=O.[CH-]=O.[CH-]=O.[CH-]=O.[Cr].[c-]1ccccc1. The van der Waals surface area contributed by atoms with Crippen LogP contribution >= 0.6 is 0 Å². The number of carbonyl (C=O) groups excluding carboxylic acids is 6. The van der Waals surface area contributed by atoms with Gasteiger partial charge in [-0.05, 0) is 0 Å². The van der Waals surface area contributed by atoms with Crippen LogP contribution < -0.4 is 0 Å². The molecule has 0 saturated carbocycles. The first kappa shape index (κ1) is 43.7. The van der Waals surface area contributed by atoms with Crippen LogP contribution in [-0.2, 0) is 46.1 Å². The summed E-state index contributed by atoms with van der Waals surface area (Å²) in [5.41, 5.74) is 0. The quantitative estimate of drug-likeness (QED) is 0.487. The molecule has 1 aromatic rings. The van der Waals surface area contributed by atoms with Crippen molar-refractivity contribution in [2.75, 3.05) is 0 Å². The minimum Gasteiger partial charge on any atom is -0.545 e. The number of hydrogen-bond donors (Lipinski definition) is 0. The third kappa shape index (κ3) is 210. The van der Waals surface area contributed by atoms with Crippen molar-refractivity contribution >= 4 is 40.7 Å². The largest absolute Gasteiger partial charge is 0.545 e. The fraction of sp³-hybridized carbons (Fsp3) is 0. The van der Waals surface area contributed by atoms with E-state index in [1.807, 2.05) is 30.3 Å². The maximum atomic E-state index is 7.75. The van der Waals surface area contributed by atoms with Crippen LogP contribution in [-0.4, -0.2) is 40.7 Å². The summed E-state index contributed by atoms with van der Waals surface area (Å²) in [6.07, 6.45) is 0. The number of rotatable bonds is 0. The number of hydrogen-bond acceptors (Lipinski definition) is 6. The third-order valence-corrected chi connectivity index (χ3v) is 0.607. The Kier molecular flexibility index (Phi) is 556. The van der Waals surface area contributed by atoms with Gasteiger partial charge in [-0.3, -0.25) is 40.7 Å². The molecule has 0 aromatic heterocycles. The normalized spacial score (nSPS) is 3.79. The molecule has 0 bridgehead atoms. The summed E-state index contributed by atoms with van der Waals surface area (Å²) in [5.74, 6) is 0. The Morgan fingerprint density at radius 3 is 0.737 bits per heavy atom. The molecule has 1 rings (SSSR count). The summed E-state index contributed by atoms with van der Waals surface area (Å²) in [7, 11) is 0. The molecule has 1 aromatic carbocycles. The first-order valence-electron chi connectivity index (χ1n) is 3.32. The fourth-order valence-corrected chi connectivity index (χ4v) is 0.342. The Labute approximate surface area is 123 Å². The van der Waals surface area contributed by atoms with E-state index in [9.17, 15) is 0 Å². The molecule has 19 heavy (non-hydrogen) atoms. The zero-order chi connectivity index (χ0) is 16.2. The van der Waals surface area contributed by atoms with E-state index in [4.69, 9.17) is 28.8 Å². The minimum atomic E-state index is 0. The molecule has 0 spiro atoms. The van der Waals surface area contributed by atoms with Crippen LogP contribution in [0.4, 0.5) is 0 Å². The van der Waals surface area contributed by atoms with Crippen molar-refractivity contribution < 1.29 is 46.1 Å². The maximum Gasteiger partial charge on any atom is 0 e. The first-order chi connectivity index (χ1) is 9.00. The van der Waals surface area contributed by atoms with Gasteiger partial charge in [0, 0.05) is 17.4 Å². The summed E-state index contributed by atoms with van der Waals surface area (Å²) in [6.45, 7) is 19.5. The molecule has 0 heterocycles. The van der Waals surface area contributed by atoms with Crippen molar-refractivity contribution in [1.82, 2.24) is 0 Å². The van der Waals surface area contributed by atoms with Gasteiger partial charge in [0.25, 0.3) is 0 Å². The fourth-order valence-electron chi connectivity index (χ4n) is 0.342. The van der Waals surface area contributed by atoms with Gasteiger partial charge in [-0.25, -0.2) is 0 Å². The predicted octanol–water partition coefficient (Wildman–Crippen LogP) is -0.160. The zero-order valence-corrected chi connectivity index (χ0v) is 11.0. The van der Waals surface area contributed by atoms with Crippen LogP contribution in [0.15, 0.2) is 30.3 Å². The van der Waals surface area contributed by atoms with Gasteiger partial charge >= 0.3 is 0 Å². The Balaban J connectivity index is -0.0000000195. The van der Waals surface area contributed by atoms with Gasteiger partial charge in [0.1, 0.15) is 0 Å². The van der Waals surface area contributed by atoms with Crippen molar-refractivity contribution in [3.05, 3.63) is 36.4 Å². The van der Waals surface area contributed by atoms with E-state index in [1.165, 1.54) is 0 Å². The average molecular weight is 303 g/mol. The van der Waals surface area contributed by atoms with Crippen molar-refractivity contribution in [2.24, 2.45) is 0 Å². The molecule has 0 N–H and O–H groups in total. The number of benzene rings is 1. The van der Waals surface area contributed by atoms with Crippen LogP contribution in [0.2, 0.25) is 0 Å². The predicted molar refractivity (Wildman–Crippen MR) is 65.8 cm³/mol. The smallest absolute Gasteiger partial charge is 0 e. The second kappa shape index (κ2) is 242. The zero-order valence-electron chi connectivity index (χ0n) is 9.71. The van der Waals surface area contributed by atoms with E-state index in [2.05, 4.69) is 46.8 Å². The van der Waals surface area contributed by atoms with Crippen molar-refractivity contribution in [1.29, 1.82) is 0 Å². The molecule has 7 heteroatoms. The van der Waals surface area contributed by atoms with Crippen molar-refractivity contribution in [3.8, 4) is 0 Å². The molecule has 108 valence electrons. The average Bonchev–Trinajstić information content (AvgIpc) is 2.60. The molecule has 0 atom stereocenters. The molecule has 0 saturated heterocycles. The van der Waals surface area contributed by atoms with Gasteiger partial charge in [-0.2, -0.15) is 36.4 Å². The second-order valence-electron chi connectivity index (χ2n) is 1.08. The molecule has 0 unspecified atom stereocenters. The Morgan fingerprint density at radius 1 is 0.474 bits per heavy atom. The standard InChI is InChI=1S/C6H5.6CHO.Cr/c1-2-4-6-5-3-1;6*1-2;/h1-5H;6*1H;/q7*-1;. The first-order valence-corrected chi connectivity index (χ1v) is 3.32. The summed E-state index contributed by atoms with van der Waals surface area (Å²) in [6, 6.07) is 12.5. The van der Waals surface area contributed by atoms with E-state index in [1.54, 1.807) is 0 Å². The summed E-state index contributed by atoms with van der Waals surface area (Å²) < 4.78 is 0. The van der Waals surface area contributed by atoms with E-state index < -0.39 is 0 Å².